The molecule has 8 nitrogen and oxygen atoms in total. The Balaban J connectivity index is 1.43. The first-order valence-corrected chi connectivity index (χ1v) is 13.2. The second-order valence-electron chi connectivity index (χ2n) is 10.5. The maximum Gasteiger partial charge on any atom is 0.250 e. The van der Waals surface area contributed by atoms with Crippen molar-refractivity contribution >= 4 is 23.4 Å². The highest BCUT2D eigenvalue weighted by molar-refractivity contribution is 6.04. The lowest BCUT2D eigenvalue weighted by Gasteiger charge is -2.33. The van der Waals surface area contributed by atoms with Crippen LogP contribution in [0, 0.1) is 25.7 Å². The van der Waals surface area contributed by atoms with E-state index in [1.54, 1.807) is 4.90 Å². The standard InChI is InChI=1S/C29H35N3O5/c1-18-9-8-10-19(2)24(18)31-27(35)25-29-14-13-21(37-29)22(23(29)28(36)32(25)15-6-7-16-33)26(34)30-17-20-11-4-3-5-12-20/h3-5,8-12,21-23,25,33H,6-7,13-17H2,1-2H3,(H,30,34)(H,31,35)/t21-,22+,23-,25?,29?/m0/s1. The van der Waals surface area contributed by atoms with E-state index in [1.807, 2.05) is 62.4 Å². The molecular weight excluding hydrogens is 470 g/mol. The summed E-state index contributed by atoms with van der Waals surface area (Å²) in [7, 11) is 0. The highest BCUT2D eigenvalue weighted by atomic mass is 16.5. The molecule has 0 aliphatic carbocycles. The third-order valence-electron chi connectivity index (χ3n) is 8.20. The number of carbonyl (C=O) groups excluding carboxylic acids is 3. The van der Waals surface area contributed by atoms with Gasteiger partial charge >= 0.3 is 0 Å². The molecule has 3 amide bonds. The lowest BCUT2D eigenvalue weighted by molar-refractivity contribution is -0.141. The summed E-state index contributed by atoms with van der Waals surface area (Å²) in [6, 6.07) is 14.6. The molecule has 2 unspecified atom stereocenters. The quantitative estimate of drug-likeness (QED) is 0.454. The van der Waals surface area contributed by atoms with Crippen molar-refractivity contribution in [3.8, 4) is 0 Å². The summed E-state index contributed by atoms with van der Waals surface area (Å²) in [5.41, 5.74) is 2.56. The molecule has 3 aliphatic rings. The van der Waals surface area contributed by atoms with Crippen LogP contribution >= 0.6 is 0 Å². The number of ether oxygens (including phenoxy) is 1. The minimum Gasteiger partial charge on any atom is -0.396 e. The molecule has 2 bridgehead atoms. The highest BCUT2D eigenvalue weighted by Gasteiger charge is 2.74. The SMILES string of the molecule is Cc1cccc(C)c1NC(=O)C1N(CCCCO)C(=O)[C@@H]2[C@H](C(=O)NCc3ccccc3)[C@@H]3CCC12O3. The highest BCUT2D eigenvalue weighted by Crippen LogP contribution is 2.58. The van der Waals surface area contributed by atoms with Crippen LogP contribution in [-0.2, 0) is 25.7 Å². The fourth-order valence-corrected chi connectivity index (χ4v) is 6.49. The Bertz CT molecular complexity index is 1170. The van der Waals surface area contributed by atoms with E-state index in [1.165, 1.54) is 0 Å². The Morgan fingerprint density at radius 1 is 1.05 bits per heavy atom. The van der Waals surface area contributed by atoms with E-state index in [4.69, 9.17) is 4.74 Å². The third-order valence-corrected chi connectivity index (χ3v) is 8.20. The number of unbranched alkanes of at least 4 members (excludes halogenated alkanes) is 1. The zero-order valence-corrected chi connectivity index (χ0v) is 21.4. The number of rotatable bonds is 9. The van der Waals surface area contributed by atoms with Crippen molar-refractivity contribution in [1.29, 1.82) is 0 Å². The number of anilines is 1. The van der Waals surface area contributed by atoms with E-state index in [0.29, 0.717) is 38.8 Å². The van der Waals surface area contributed by atoms with Crippen LogP contribution in [0.1, 0.15) is 42.4 Å². The van der Waals surface area contributed by atoms with Crippen LogP contribution in [0.4, 0.5) is 5.69 Å². The average molecular weight is 506 g/mol. The van der Waals surface area contributed by atoms with E-state index < -0.39 is 23.5 Å². The van der Waals surface area contributed by atoms with Gasteiger partial charge in [0.1, 0.15) is 11.6 Å². The number of hydrogen-bond donors (Lipinski definition) is 3. The van der Waals surface area contributed by atoms with Crippen LogP contribution in [-0.4, -0.2) is 58.6 Å². The maximum absolute atomic E-state index is 13.9. The molecule has 3 heterocycles. The van der Waals surface area contributed by atoms with E-state index in [0.717, 1.165) is 22.4 Å². The summed E-state index contributed by atoms with van der Waals surface area (Å²) in [6.07, 6.45) is 1.88. The maximum atomic E-state index is 13.9. The number of aryl methyl sites for hydroxylation is 2. The number of nitrogens with zero attached hydrogens (tertiary/aromatic N) is 1. The van der Waals surface area contributed by atoms with Gasteiger partial charge in [-0.1, -0.05) is 48.5 Å². The van der Waals surface area contributed by atoms with Crippen molar-refractivity contribution in [2.45, 2.75) is 63.8 Å². The number of benzene rings is 2. The first kappa shape index (κ1) is 25.4. The van der Waals surface area contributed by atoms with E-state index >= 15 is 0 Å². The van der Waals surface area contributed by atoms with Crippen LogP contribution < -0.4 is 10.6 Å². The first-order chi connectivity index (χ1) is 17.9. The zero-order valence-electron chi connectivity index (χ0n) is 21.4. The summed E-state index contributed by atoms with van der Waals surface area (Å²) in [6.45, 7) is 4.59. The number of nitrogens with one attached hydrogen (secondary N) is 2. The van der Waals surface area contributed by atoms with Gasteiger partial charge in [0.25, 0.3) is 0 Å². The number of para-hydroxylation sites is 1. The molecule has 196 valence electrons. The van der Waals surface area contributed by atoms with Gasteiger partial charge in [-0.3, -0.25) is 14.4 Å². The molecule has 0 aromatic heterocycles. The van der Waals surface area contributed by atoms with Gasteiger partial charge in [0, 0.05) is 25.4 Å². The van der Waals surface area contributed by atoms with Crippen LogP contribution in [0.3, 0.4) is 0 Å². The zero-order chi connectivity index (χ0) is 26.2. The Morgan fingerprint density at radius 2 is 1.78 bits per heavy atom. The van der Waals surface area contributed by atoms with Crippen molar-refractivity contribution in [2.75, 3.05) is 18.5 Å². The van der Waals surface area contributed by atoms with Gasteiger partial charge in [-0.05, 0) is 56.2 Å². The predicted molar refractivity (Wildman–Crippen MR) is 138 cm³/mol. The minimum atomic E-state index is -1.03. The average Bonchev–Trinajstić information content (AvgIpc) is 3.53. The molecule has 2 aromatic carbocycles. The Morgan fingerprint density at radius 3 is 2.49 bits per heavy atom. The van der Waals surface area contributed by atoms with Gasteiger partial charge in [-0.2, -0.15) is 0 Å². The lowest BCUT2D eigenvalue weighted by atomic mass is 9.70. The summed E-state index contributed by atoms with van der Waals surface area (Å²) >= 11 is 0. The summed E-state index contributed by atoms with van der Waals surface area (Å²) in [4.78, 5) is 42.8. The van der Waals surface area contributed by atoms with Crippen LogP contribution in [0.25, 0.3) is 0 Å². The number of hydrogen-bond acceptors (Lipinski definition) is 5. The summed E-state index contributed by atoms with van der Waals surface area (Å²) in [5.74, 6) is -2.04. The van der Waals surface area contributed by atoms with Gasteiger partial charge in [0.15, 0.2) is 0 Å². The van der Waals surface area contributed by atoms with E-state index in [9.17, 15) is 19.5 Å². The molecule has 0 radical (unpaired) electrons. The van der Waals surface area contributed by atoms with Crippen LogP contribution in [0.2, 0.25) is 0 Å². The van der Waals surface area contributed by atoms with Crippen molar-refractivity contribution < 1.29 is 24.2 Å². The fraction of sp³-hybridized carbons (Fsp3) is 0.483. The van der Waals surface area contributed by atoms with E-state index in [2.05, 4.69) is 10.6 Å². The number of aliphatic hydroxyl groups is 1. The first-order valence-electron chi connectivity index (χ1n) is 13.2. The van der Waals surface area contributed by atoms with Gasteiger partial charge in [-0.25, -0.2) is 0 Å². The van der Waals surface area contributed by atoms with Crippen LogP contribution in [0.5, 0.6) is 0 Å². The molecule has 0 saturated carbocycles. The van der Waals surface area contributed by atoms with Gasteiger partial charge < -0.3 is 25.4 Å². The van der Waals surface area contributed by atoms with E-state index in [-0.39, 0.29) is 30.4 Å². The second kappa shape index (κ2) is 10.3. The lowest BCUT2D eigenvalue weighted by Crippen LogP contribution is -2.53. The number of carbonyl (C=O) groups is 3. The molecule has 5 atom stereocenters. The van der Waals surface area contributed by atoms with Gasteiger partial charge in [0.05, 0.1) is 17.9 Å². The van der Waals surface area contributed by atoms with Gasteiger partial charge in [-0.15, -0.1) is 0 Å². The number of aliphatic hydroxyl groups excluding tert-OH is 1. The van der Waals surface area contributed by atoms with Gasteiger partial charge in [0.2, 0.25) is 17.7 Å². The normalized spacial score (nSPS) is 27.9. The smallest absolute Gasteiger partial charge is 0.250 e. The molecule has 1 spiro atoms. The Kier molecular flexibility index (Phi) is 7.05. The Labute approximate surface area is 217 Å². The molecule has 3 N–H and O–H groups in total. The molecule has 3 aliphatic heterocycles. The molecule has 3 fully saturated rings. The molecule has 37 heavy (non-hydrogen) atoms. The largest absolute Gasteiger partial charge is 0.396 e. The minimum absolute atomic E-state index is 0.0129. The topological polar surface area (TPSA) is 108 Å². The van der Waals surface area contributed by atoms with Crippen molar-refractivity contribution in [3.63, 3.8) is 0 Å². The number of likely N-dealkylation sites (tertiary alicyclic amines) is 1. The molecule has 3 saturated heterocycles. The number of amides is 3. The molecule has 2 aromatic rings. The monoisotopic (exact) mass is 505 g/mol. The number of fused-ring (bicyclic) bond motifs is 1. The predicted octanol–water partition coefficient (Wildman–Crippen LogP) is 2.71. The summed E-state index contributed by atoms with van der Waals surface area (Å²) < 4.78 is 6.47. The fourth-order valence-electron chi connectivity index (χ4n) is 6.49. The summed E-state index contributed by atoms with van der Waals surface area (Å²) in [5, 5.41) is 15.4. The third kappa shape index (κ3) is 4.42. The van der Waals surface area contributed by atoms with Crippen molar-refractivity contribution in [1.82, 2.24) is 10.2 Å². The molecule has 8 heteroatoms. The van der Waals surface area contributed by atoms with Crippen LogP contribution in [0.15, 0.2) is 48.5 Å². The van der Waals surface area contributed by atoms with Crippen molar-refractivity contribution in [2.24, 2.45) is 11.8 Å². The molecular formula is C29H35N3O5. The van der Waals surface area contributed by atoms with Crippen molar-refractivity contribution in [3.05, 3.63) is 65.2 Å². The second-order valence-corrected chi connectivity index (χ2v) is 10.5. The molecule has 5 rings (SSSR count). The Hall–Kier alpha value is -3.23.